The van der Waals surface area contributed by atoms with Crippen LogP contribution in [0, 0.1) is 11.3 Å². The Hall–Kier alpha value is -0.0800. The Morgan fingerprint density at radius 3 is 2.59 bits per heavy atom. The van der Waals surface area contributed by atoms with Gasteiger partial charge in [-0.2, -0.15) is 0 Å². The number of ether oxygens (including phenoxy) is 1. The first-order chi connectivity index (χ1) is 7.90. The first-order valence-corrected chi connectivity index (χ1v) is 7.22. The maximum absolute atomic E-state index is 10.3. The van der Waals surface area contributed by atoms with Gasteiger partial charge in [-0.3, -0.25) is 0 Å². The largest absolute Gasteiger partial charge is 0.393 e. The van der Waals surface area contributed by atoms with Crippen LogP contribution in [-0.2, 0) is 4.74 Å². The van der Waals surface area contributed by atoms with Crippen LogP contribution in [0.5, 0.6) is 0 Å². The highest BCUT2D eigenvalue weighted by Gasteiger charge is 2.44. The van der Waals surface area contributed by atoms with Crippen molar-refractivity contribution in [2.75, 3.05) is 6.61 Å². The van der Waals surface area contributed by atoms with Crippen molar-refractivity contribution in [3.05, 3.63) is 0 Å². The molecule has 1 heterocycles. The van der Waals surface area contributed by atoms with Crippen molar-refractivity contribution < 1.29 is 9.84 Å². The molecule has 0 aromatic rings. The van der Waals surface area contributed by atoms with Crippen molar-refractivity contribution in [2.45, 2.75) is 77.4 Å². The number of aliphatic hydroxyl groups is 1. The molecule has 1 N–H and O–H groups in total. The first-order valence-electron chi connectivity index (χ1n) is 7.22. The molecule has 2 rings (SSSR count). The smallest absolute Gasteiger partial charge is 0.0686 e. The van der Waals surface area contributed by atoms with Crippen molar-refractivity contribution >= 4 is 0 Å². The van der Waals surface area contributed by atoms with E-state index < -0.39 is 0 Å². The van der Waals surface area contributed by atoms with E-state index in [1.54, 1.807) is 0 Å². The summed E-state index contributed by atoms with van der Waals surface area (Å²) in [5.74, 6) is 0.478. The highest BCUT2D eigenvalue weighted by Crippen LogP contribution is 2.45. The molecule has 100 valence electrons. The van der Waals surface area contributed by atoms with E-state index in [0.29, 0.717) is 11.3 Å². The van der Waals surface area contributed by atoms with Crippen LogP contribution in [0.3, 0.4) is 0 Å². The van der Waals surface area contributed by atoms with Gasteiger partial charge in [-0.15, -0.1) is 0 Å². The SMILES string of the molecule is CC(C)(C)CCC(O)C1CCOC2(CCC2)C1. The van der Waals surface area contributed by atoms with Crippen LogP contribution in [0.25, 0.3) is 0 Å². The van der Waals surface area contributed by atoms with Crippen LogP contribution in [0.4, 0.5) is 0 Å². The summed E-state index contributed by atoms with van der Waals surface area (Å²) in [4.78, 5) is 0. The van der Waals surface area contributed by atoms with E-state index >= 15 is 0 Å². The van der Waals surface area contributed by atoms with Crippen molar-refractivity contribution in [3.8, 4) is 0 Å². The van der Waals surface area contributed by atoms with Gasteiger partial charge >= 0.3 is 0 Å². The number of rotatable bonds is 3. The molecule has 2 heteroatoms. The van der Waals surface area contributed by atoms with Crippen molar-refractivity contribution in [1.82, 2.24) is 0 Å². The molecule has 2 nitrogen and oxygen atoms in total. The highest BCUT2D eigenvalue weighted by molar-refractivity contribution is 4.95. The minimum atomic E-state index is -0.115. The van der Waals surface area contributed by atoms with E-state index in [1.165, 1.54) is 19.3 Å². The molecule has 1 saturated carbocycles. The van der Waals surface area contributed by atoms with E-state index in [0.717, 1.165) is 32.3 Å². The van der Waals surface area contributed by atoms with Crippen molar-refractivity contribution in [1.29, 1.82) is 0 Å². The molecule has 0 bridgehead atoms. The first kappa shape index (κ1) is 13.4. The third kappa shape index (κ3) is 3.45. The molecule has 2 fully saturated rings. The van der Waals surface area contributed by atoms with Crippen molar-refractivity contribution in [3.63, 3.8) is 0 Å². The van der Waals surface area contributed by atoms with Crippen LogP contribution in [-0.4, -0.2) is 23.4 Å². The third-order valence-electron chi connectivity index (χ3n) is 4.53. The summed E-state index contributed by atoms with van der Waals surface area (Å²) in [6, 6.07) is 0. The van der Waals surface area contributed by atoms with Crippen molar-refractivity contribution in [2.24, 2.45) is 11.3 Å². The summed E-state index contributed by atoms with van der Waals surface area (Å²) in [6.07, 6.45) is 7.83. The fraction of sp³-hybridized carbons (Fsp3) is 1.00. The van der Waals surface area contributed by atoms with E-state index in [4.69, 9.17) is 4.74 Å². The Labute approximate surface area is 106 Å². The Balaban J connectivity index is 1.80. The van der Waals surface area contributed by atoms with Gasteiger partial charge < -0.3 is 9.84 Å². The standard InChI is InChI=1S/C15H28O2/c1-14(2,3)9-5-13(16)12-6-10-17-15(11-12)7-4-8-15/h12-13,16H,4-11H2,1-3H3. The predicted molar refractivity (Wildman–Crippen MR) is 70.0 cm³/mol. The van der Waals surface area contributed by atoms with E-state index in [1.807, 2.05) is 0 Å². The Morgan fingerprint density at radius 2 is 2.06 bits per heavy atom. The van der Waals surface area contributed by atoms with Crippen LogP contribution >= 0.6 is 0 Å². The molecule has 2 aliphatic rings. The summed E-state index contributed by atoms with van der Waals surface area (Å²) < 4.78 is 5.92. The quantitative estimate of drug-likeness (QED) is 0.818. The lowest BCUT2D eigenvalue weighted by Gasteiger charge is -2.48. The molecular formula is C15H28O2. The Morgan fingerprint density at radius 1 is 1.35 bits per heavy atom. The number of hydrogen-bond donors (Lipinski definition) is 1. The molecule has 2 atom stereocenters. The van der Waals surface area contributed by atoms with Gasteiger partial charge in [0.1, 0.15) is 0 Å². The second kappa shape index (κ2) is 4.89. The topological polar surface area (TPSA) is 29.5 Å². The average Bonchev–Trinajstić information content (AvgIpc) is 2.23. The summed E-state index contributed by atoms with van der Waals surface area (Å²) in [7, 11) is 0. The number of hydrogen-bond acceptors (Lipinski definition) is 2. The molecule has 2 unspecified atom stereocenters. The molecular weight excluding hydrogens is 212 g/mol. The number of aliphatic hydroxyl groups excluding tert-OH is 1. The van der Waals surface area contributed by atoms with E-state index in [2.05, 4.69) is 20.8 Å². The molecule has 1 spiro atoms. The Kier molecular flexibility index (Phi) is 3.84. The zero-order valence-corrected chi connectivity index (χ0v) is 11.7. The van der Waals surface area contributed by atoms with Crippen LogP contribution < -0.4 is 0 Å². The van der Waals surface area contributed by atoms with Crippen LogP contribution in [0.2, 0.25) is 0 Å². The van der Waals surface area contributed by atoms with Gasteiger partial charge in [0.2, 0.25) is 0 Å². The lowest BCUT2D eigenvalue weighted by molar-refractivity contribution is -0.157. The second-order valence-electron chi connectivity index (χ2n) is 7.30. The minimum absolute atomic E-state index is 0.115. The monoisotopic (exact) mass is 240 g/mol. The van der Waals surface area contributed by atoms with Gasteiger partial charge in [0.25, 0.3) is 0 Å². The predicted octanol–water partition coefficient (Wildman–Crippen LogP) is 3.52. The Bertz CT molecular complexity index is 250. The zero-order valence-electron chi connectivity index (χ0n) is 11.7. The molecule has 0 radical (unpaired) electrons. The second-order valence-corrected chi connectivity index (χ2v) is 7.30. The molecule has 0 aromatic heterocycles. The van der Waals surface area contributed by atoms with Gasteiger partial charge in [-0.1, -0.05) is 20.8 Å². The fourth-order valence-electron chi connectivity index (χ4n) is 3.13. The zero-order chi connectivity index (χ0) is 12.5. The fourth-order valence-corrected chi connectivity index (χ4v) is 3.13. The molecule has 0 amide bonds. The minimum Gasteiger partial charge on any atom is -0.393 e. The lowest BCUT2D eigenvalue weighted by Crippen LogP contribution is -2.47. The normalized spacial score (nSPS) is 30.0. The van der Waals surface area contributed by atoms with Gasteiger partial charge in [-0.25, -0.2) is 0 Å². The van der Waals surface area contributed by atoms with Gasteiger partial charge in [-0.05, 0) is 56.3 Å². The average molecular weight is 240 g/mol. The van der Waals surface area contributed by atoms with Crippen LogP contribution in [0.1, 0.15) is 65.7 Å². The van der Waals surface area contributed by atoms with Crippen LogP contribution in [0.15, 0.2) is 0 Å². The lowest BCUT2D eigenvalue weighted by atomic mass is 9.70. The molecule has 17 heavy (non-hydrogen) atoms. The van der Waals surface area contributed by atoms with E-state index in [-0.39, 0.29) is 11.7 Å². The summed E-state index contributed by atoms with van der Waals surface area (Å²) in [5, 5.41) is 10.3. The maximum Gasteiger partial charge on any atom is 0.0686 e. The summed E-state index contributed by atoms with van der Waals surface area (Å²) in [5.41, 5.74) is 0.506. The van der Waals surface area contributed by atoms with E-state index in [9.17, 15) is 5.11 Å². The third-order valence-corrected chi connectivity index (χ3v) is 4.53. The summed E-state index contributed by atoms with van der Waals surface area (Å²) in [6.45, 7) is 7.60. The molecule has 0 aromatic carbocycles. The highest BCUT2D eigenvalue weighted by atomic mass is 16.5. The summed E-state index contributed by atoms with van der Waals surface area (Å²) >= 11 is 0. The van der Waals surface area contributed by atoms with Gasteiger partial charge in [0.15, 0.2) is 0 Å². The maximum atomic E-state index is 10.3. The van der Waals surface area contributed by atoms with Gasteiger partial charge in [0.05, 0.1) is 11.7 Å². The molecule has 1 aliphatic heterocycles. The van der Waals surface area contributed by atoms with Gasteiger partial charge in [0, 0.05) is 6.61 Å². The molecule has 1 aliphatic carbocycles. The molecule has 1 saturated heterocycles.